The summed E-state index contributed by atoms with van der Waals surface area (Å²) in [7, 11) is 0. The number of benzene rings is 2. The molecule has 0 unspecified atom stereocenters. The van der Waals surface area contributed by atoms with Crippen molar-refractivity contribution in [3.05, 3.63) is 58.8 Å². The van der Waals surface area contributed by atoms with E-state index in [1.165, 1.54) is 0 Å². The lowest BCUT2D eigenvalue weighted by Crippen LogP contribution is -2.15. The molecule has 0 saturated carbocycles. The van der Waals surface area contributed by atoms with E-state index in [0.29, 0.717) is 29.1 Å². The maximum absolute atomic E-state index is 12.4. The molecule has 1 heterocycles. The summed E-state index contributed by atoms with van der Waals surface area (Å²) in [6, 6.07) is 10.6. The number of fused-ring (bicyclic) bond motifs is 1. The molecule has 1 N–H and O–H groups in total. The van der Waals surface area contributed by atoms with Crippen LogP contribution < -0.4 is 5.32 Å². The van der Waals surface area contributed by atoms with Crippen LogP contribution in [0.4, 0.5) is 5.69 Å². The Bertz CT molecular complexity index is 991. The minimum atomic E-state index is -0.401. The molecule has 0 aliphatic carbocycles. The molecular weight excluding hydrogens is 344 g/mol. The third kappa shape index (κ3) is 4.34. The van der Waals surface area contributed by atoms with Crippen LogP contribution in [0.25, 0.3) is 11.0 Å². The van der Waals surface area contributed by atoms with Gasteiger partial charge in [-0.05, 0) is 55.7 Å². The summed E-state index contributed by atoms with van der Waals surface area (Å²) >= 11 is 0. The molecule has 3 rings (SSSR count). The number of ether oxygens (including phenoxy) is 1. The quantitative estimate of drug-likeness (QED) is 0.662. The maximum Gasteiger partial charge on any atom is 0.338 e. The zero-order valence-corrected chi connectivity index (χ0v) is 15.7. The predicted molar refractivity (Wildman–Crippen MR) is 103 cm³/mol. The van der Waals surface area contributed by atoms with E-state index in [0.717, 1.165) is 22.9 Å². The topological polar surface area (TPSA) is 81.4 Å². The second kappa shape index (κ2) is 8.03. The molecule has 0 bridgehead atoms. The Morgan fingerprint density at radius 3 is 2.78 bits per heavy atom. The van der Waals surface area contributed by atoms with E-state index >= 15 is 0 Å². The van der Waals surface area contributed by atoms with Gasteiger partial charge >= 0.3 is 5.97 Å². The van der Waals surface area contributed by atoms with Crippen molar-refractivity contribution >= 4 is 28.5 Å². The first-order chi connectivity index (χ1) is 13.0. The van der Waals surface area contributed by atoms with Gasteiger partial charge in [0.25, 0.3) is 0 Å². The molecule has 3 aromatic rings. The van der Waals surface area contributed by atoms with Gasteiger partial charge in [0.1, 0.15) is 5.69 Å². The highest BCUT2D eigenvalue weighted by molar-refractivity contribution is 5.97. The van der Waals surface area contributed by atoms with Crippen molar-refractivity contribution in [1.29, 1.82) is 0 Å². The lowest BCUT2D eigenvalue weighted by Gasteiger charge is -2.07. The molecule has 0 aliphatic heterocycles. The molecule has 6 heteroatoms. The van der Waals surface area contributed by atoms with Crippen LogP contribution in [0.5, 0.6) is 0 Å². The number of hydrogen-bond acceptors (Lipinski definition) is 5. The largest absolute Gasteiger partial charge is 0.462 e. The summed E-state index contributed by atoms with van der Waals surface area (Å²) in [4.78, 5) is 24.4. The van der Waals surface area contributed by atoms with Gasteiger partial charge in [-0.3, -0.25) is 4.79 Å². The average Bonchev–Trinajstić information content (AvgIpc) is 3.02. The summed E-state index contributed by atoms with van der Waals surface area (Å²) in [6.07, 6.45) is 0.841. The summed E-state index contributed by atoms with van der Waals surface area (Å²) in [6.45, 7) is 6.26. The number of nitrogens with one attached hydrogen (secondary N) is 1. The zero-order valence-electron chi connectivity index (χ0n) is 15.7. The predicted octanol–water partition coefficient (Wildman–Crippen LogP) is 4.19. The van der Waals surface area contributed by atoms with Crippen LogP contribution in [0.15, 0.2) is 40.9 Å². The average molecular weight is 366 g/mol. The van der Waals surface area contributed by atoms with E-state index in [1.54, 1.807) is 24.3 Å². The SMILES string of the molecule is CCCOC(=O)c1cccc(NC(=O)Cc2noc3cc(C)cc(C)c23)c1. The Labute approximate surface area is 157 Å². The van der Waals surface area contributed by atoms with Gasteiger partial charge in [-0.25, -0.2) is 4.79 Å². The first-order valence-electron chi connectivity index (χ1n) is 8.90. The van der Waals surface area contributed by atoms with E-state index in [-0.39, 0.29) is 12.3 Å². The monoisotopic (exact) mass is 366 g/mol. The molecule has 1 amide bonds. The second-order valence-corrected chi connectivity index (χ2v) is 6.53. The van der Waals surface area contributed by atoms with Crippen molar-refractivity contribution in [2.45, 2.75) is 33.6 Å². The molecule has 2 aromatic carbocycles. The van der Waals surface area contributed by atoms with E-state index < -0.39 is 5.97 Å². The van der Waals surface area contributed by atoms with Gasteiger partial charge in [0.15, 0.2) is 5.58 Å². The lowest BCUT2D eigenvalue weighted by atomic mass is 10.0. The number of aryl methyl sites for hydroxylation is 2. The molecule has 0 radical (unpaired) electrons. The van der Waals surface area contributed by atoms with Crippen molar-refractivity contribution in [3.8, 4) is 0 Å². The Balaban J connectivity index is 1.72. The fourth-order valence-corrected chi connectivity index (χ4v) is 3.00. The number of esters is 1. The van der Waals surface area contributed by atoms with Crippen molar-refractivity contribution in [3.63, 3.8) is 0 Å². The van der Waals surface area contributed by atoms with Crippen LogP contribution in [-0.4, -0.2) is 23.6 Å². The second-order valence-electron chi connectivity index (χ2n) is 6.53. The molecular formula is C21H22N2O4. The molecule has 0 aliphatic rings. The van der Waals surface area contributed by atoms with E-state index in [2.05, 4.69) is 10.5 Å². The third-order valence-electron chi connectivity index (χ3n) is 4.13. The van der Waals surface area contributed by atoms with Gasteiger partial charge in [0.2, 0.25) is 5.91 Å². The highest BCUT2D eigenvalue weighted by Gasteiger charge is 2.15. The fourth-order valence-electron chi connectivity index (χ4n) is 3.00. The number of aromatic nitrogens is 1. The van der Waals surface area contributed by atoms with Gasteiger partial charge in [-0.1, -0.05) is 24.2 Å². The molecule has 1 aromatic heterocycles. The van der Waals surface area contributed by atoms with E-state index in [4.69, 9.17) is 9.26 Å². The minimum absolute atomic E-state index is 0.0847. The summed E-state index contributed by atoms with van der Waals surface area (Å²) in [5, 5.41) is 7.72. The molecule has 0 spiro atoms. The summed E-state index contributed by atoms with van der Waals surface area (Å²) < 4.78 is 10.5. The van der Waals surface area contributed by atoms with Gasteiger partial charge in [0, 0.05) is 11.1 Å². The Morgan fingerprint density at radius 1 is 1.19 bits per heavy atom. The standard InChI is InChI=1S/C21H22N2O4/c1-4-8-26-21(25)15-6-5-7-16(11-15)22-19(24)12-17-20-14(3)9-13(2)10-18(20)27-23-17/h5-7,9-11H,4,8,12H2,1-3H3,(H,22,24). The van der Waals surface area contributed by atoms with Crippen molar-refractivity contribution in [2.75, 3.05) is 11.9 Å². The van der Waals surface area contributed by atoms with E-state index in [1.807, 2.05) is 32.9 Å². The first kappa shape index (κ1) is 18.6. The van der Waals surface area contributed by atoms with Gasteiger partial charge < -0.3 is 14.6 Å². The van der Waals surface area contributed by atoms with Crippen LogP contribution in [0.1, 0.15) is 40.5 Å². The highest BCUT2D eigenvalue weighted by Crippen LogP contribution is 2.24. The van der Waals surface area contributed by atoms with Gasteiger partial charge in [-0.2, -0.15) is 0 Å². The smallest absolute Gasteiger partial charge is 0.338 e. The van der Waals surface area contributed by atoms with Crippen LogP contribution in [0.2, 0.25) is 0 Å². The van der Waals surface area contributed by atoms with Crippen LogP contribution in [-0.2, 0) is 16.0 Å². The number of carbonyl (C=O) groups is 2. The van der Waals surface area contributed by atoms with Crippen LogP contribution in [0.3, 0.4) is 0 Å². The van der Waals surface area contributed by atoms with Crippen molar-refractivity contribution in [2.24, 2.45) is 0 Å². The lowest BCUT2D eigenvalue weighted by molar-refractivity contribution is -0.115. The number of hydrogen-bond donors (Lipinski definition) is 1. The minimum Gasteiger partial charge on any atom is -0.462 e. The fraction of sp³-hybridized carbons (Fsp3) is 0.286. The maximum atomic E-state index is 12.4. The number of nitrogens with zero attached hydrogens (tertiary/aromatic N) is 1. The summed E-state index contributed by atoms with van der Waals surface area (Å²) in [5.74, 6) is -0.634. The Kier molecular flexibility index (Phi) is 5.54. The molecule has 0 fully saturated rings. The van der Waals surface area contributed by atoms with E-state index in [9.17, 15) is 9.59 Å². The zero-order chi connectivity index (χ0) is 19.4. The molecule has 0 atom stereocenters. The van der Waals surface area contributed by atoms with Gasteiger partial charge in [-0.15, -0.1) is 0 Å². The van der Waals surface area contributed by atoms with Gasteiger partial charge in [0.05, 0.1) is 18.6 Å². The Morgan fingerprint density at radius 2 is 2.00 bits per heavy atom. The molecule has 0 saturated heterocycles. The molecule has 27 heavy (non-hydrogen) atoms. The number of rotatable bonds is 6. The number of carbonyl (C=O) groups excluding carboxylic acids is 2. The van der Waals surface area contributed by atoms with Crippen molar-refractivity contribution in [1.82, 2.24) is 5.16 Å². The van der Waals surface area contributed by atoms with Crippen molar-refractivity contribution < 1.29 is 18.8 Å². The molecule has 6 nitrogen and oxygen atoms in total. The highest BCUT2D eigenvalue weighted by atomic mass is 16.5. The molecule has 140 valence electrons. The third-order valence-corrected chi connectivity index (χ3v) is 4.13. The van der Waals surface area contributed by atoms with Crippen LogP contribution >= 0.6 is 0 Å². The first-order valence-corrected chi connectivity index (χ1v) is 8.90. The summed E-state index contributed by atoms with van der Waals surface area (Å²) in [5.41, 5.74) is 4.31. The normalized spacial score (nSPS) is 10.8. The number of amides is 1. The Hall–Kier alpha value is -3.15. The van der Waals surface area contributed by atoms with Crippen LogP contribution in [0, 0.1) is 13.8 Å². The number of anilines is 1.